The molecule has 0 fully saturated rings. The second kappa shape index (κ2) is 3.24. The molecule has 0 amide bonds. The highest BCUT2D eigenvalue weighted by Gasteiger charge is 2.20. The third-order valence-electron chi connectivity index (χ3n) is 2.69. The Morgan fingerprint density at radius 3 is 2.53 bits per heavy atom. The molecule has 0 radical (unpaired) electrons. The maximum Gasteiger partial charge on any atom is 0.138 e. The molecule has 15 heavy (non-hydrogen) atoms. The van der Waals surface area contributed by atoms with Gasteiger partial charge in [-0.05, 0) is 12.1 Å². The second-order valence-electron chi connectivity index (χ2n) is 4.87. The zero-order valence-corrected chi connectivity index (χ0v) is 10.3. The normalized spacial score (nSPS) is 12.3. The fourth-order valence-electron chi connectivity index (χ4n) is 1.95. The van der Waals surface area contributed by atoms with E-state index in [0.29, 0.717) is 5.15 Å². The highest BCUT2D eigenvalue weighted by Crippen LogP contribution is 2.30. The first-order valence-corrected chi connectivity index (χ1v) is 5.39. The summed E-state index contributed by atoms with van der Waals surface area (Å²) >= 11 is 6.07. The summed E-state index contributed by atoms with van der Waals surface area (Å²) in [4.78, 5) is 4.10. The van der Waals surface area contributed by atoms with Crippen molar-refractivity contribution in [2.24, 2.45) is 7.05 Å². The van der Waals surface area contributed by atoms with E-state index in [0.717, 1.165) is 10.9 Å². The van der Waals surface area contributed by atoms with Crippen molar-refractivity contribution in [3.05, 3.63) is 29.2 Å². The number of pyridine rings is 1. The van der Waals surface area contributed by atoms with Crippen LogP contribution in [0.15, 0.2) is 18.3 Å². The van der Waals surface area contributed by atoms with Crippen molar-refractivity contribution >= 4 is 22.5 Å². The van der Waals surface area contributed by atoms with E-state index in [1.807, 2.05) is 6.07 Å². The molecule has 0 aliphatic rings. The molecule has 2 heterocycles. The summed E-state index contributed by atoms with van der Waals surface area (Å²) < 4.78 is 2.18. The fourth-order valence-corrected chi connectivity index (χ4v) is 2.15. The minimum atomic E-state index is 0.122. The van der Waals surface area contributed by atoms with Crippen LogP contribution in [0.25, 0.3) is 10.9 Å². The summed E-state index contributed by atoms with van der Waals surface area (Å²) in [6.45, 7) is 6.59. The molecule has 0 aliphatic heterocycles. The first-order chi connectivity index (χ1) is 6.91. The lowest BCUT2D eigenvalue weighted by Gasteiger charge is -2.19. The third kappa shape index (κ3) is 1.63. The number of aryl methyl sites for hydroxylation is 1. The van der Waals surface area contributed by atoms with Gasteiger partial charge in [0.25, 0.3) is 0 Å². The lowest BCUT2D eigenvalue weighted by Crippen LogP contribution is -2.15. The molecule has 0 bridgehead atoms. The van der Waals surface area contributed by atoms with E-state index in [2.05, 4.69) is 43.4 Å². The van der Waals surface area contributed by atoms with Crippen molar-refractivity contribution < 1.29 is 0 Å². The van der Waals surface area contributed by atoms with E-state index < -0.39 is 0 Å². The SMILES string of the molecule is Cn1c(C(C)(C)C)cc2c(Cl)nccc21. The molecule has 0 atom stereocenters. The lowest BCUT2D eigenvalue weighted by atomic mass is 9.92. The van der Waals surface area contributed by atoms with E-state index >= 15 is 0 Å². The van der Waals surface area contributed by atoms with E-state index in [1.165, 1.54) is 5.69 Å². The van der Waals surface area contributed by atoms with Crippen molar-refractivity contribution in [1.82, 2.24) is 9.55 Å². The maximum absolute atomic E-state index is 6.07. The van der Waals surface area contributed by atoms with Gasteiger partial charge in [-0.25, -0.2) is 4.98 Å². The van der Waals surface area contributed by atoms with Crippen molar-refractivity contribution in [2.45, 2.75) is 26.2 Å². The van der Waals surface area contributed by atoms with Gasteiger partial charge >= 0.3 is 0 Å². The highest BCUT2D eigenvalue weighted by molar-refractivity contribution is 6.34. The van der Waals surface area contributed by atoms with Crippen LogP contribution in [-0.2, 0) is 12.5 Å². The Hall–Kier alpha value is -1.02. The standard InChI is InChI=1S/C12H15ClN2/c1-12(2,3)10-7-8-9(15(10)4)5-6-14-11(8)13/h5-7H,1-4H3. The largest absolute Gasteiger partial charge is 0.347 e. The van der Waals surface area contributed by atoms with Gasteiger partial charge in [-0.3, -0.25) is 0 Å². The van der Waals surface area contributed by atoms with Crippen LogP contribution in [-0.4, -0.2) is 9.55 Å². The van der Waals surface area contributed by atoms with Gasteiger partial charge in [0, 0.05) is 29.7 Å². The molecule has 0 aliphatic carbocycles. The van der Waals surface area contributed by atoms with Crippen LogP contribution < -0.4 is 0 Å². The zero-order valence-electron chi connectivity index (χ0n) is 9.50. The molecular formula is C12H15ClN2. The quantitative estimate of drug-likeness (QED) is 0.624. The van der Waals surface area contributed by atoms with Crippen LogP contribution in [0.4, 0.5) is 0 Å². The van der Waals surface area contributed by atoms with Gasteiger partial charge in [-0.1, -0.05) is 32.4 Å². The van der Waals surface area contributed by atoms with Gasteiger partial charge in [0.15, 0.2) is 0 Å². The van der Waals surface area contributed by atoms with Crippen molar-refractivity contribution in [3.8, 4) is 0 Å². The Kier molecular flexibility index (Phi) is 2.27. The van der Waals surface area contributed by atoms with E-state index in [9.17, 15) is 0 Å². The zero-order chi connectivity index (χ0) is 11.2. The smallest absolute Gasteiger partial charge is 0.138 e. The molecule has 0 aromatic carbocycles. The van der Waals surface area contributed by atoms with Gasteiger partial charge in [-0.2, -0.15) is 0 Å². The van der Waals surface area contributed by atoms with Crippen LogP contribution >= 0.6 is 11.6 Å². The lowest BCUT2D eigenvalue weighted by molar-refractivity contribution is 0.547. The monoisotopic (exact) mass is 222 g/mol. The first-order valence-electron chi connectivity index (χ1n) is 5.01. The number of hydrogen-bond donors (Lipinski definition) is 0. The molecule has 0 saturated carbocycles. The van der Waals surface area contributed by atoms with Crippen molar-refractivity contribution in [2.75, 3.05) is 0 Å². The summed E-state index contributed by atoms with van der Waals surface area (Å²) in [5.74, 6) is 0. The van der Waals surface area contributed by atoms with Gasteiger partial charge in [0.1, 0.15) is 5.15 Å². The Morgan fingerprint density at radius 2 is 2.00 bits per heavy atom. The molecule has 2 aromatic rings. The summed E-state index contributed by atoms with van der Waals surface area (Å²) in [5.41, 5.74) is 2.53. The van der Waals surface area contributed by atoms with E-state index in [1.54, 1.807) is 6.20 Å². The van der Waals surface area contributed by atoms with Crippen molar-refractivity contribution in [1.29, 1.82) is 0 Å². The Bertz CT molecular complexity index is 506. The summed E-state index contributed by atoms with van der Waals surface area (Å²) in [6, 6.07) is 4.13. The molecule has 0 unspecified atom stereocenters. The minimum Gasteiger partial charge on any atom is -0.347 e. The molecule has 3 heteroatoms. The van der Waals surface area contributed by atoms with Gasteiger partial charge in [-0.15, -0.1) is 0 Å². The average Bonchev–Trinajstić information content (AvgIpc) is 2.45. The molecular weight excluding hydrogens is 208 g/mol. The topological polar surface area (TPSA) is 17.8 Å². The molecule has 2 aromatic heterocycles. The predicted octanol–water partition coefficient (Wildman–Crippen LogP) is 3.52. The van der Waals surface area contributed by atoms with Gasteiger partial charge in [0.05, 0.1) is 5.52 Å². The summed E-state index contributed by atoms with van der Waals surface area (Å²) in [7, 11) is 2.07. The molecule has 80 valence electrons. The highest BCUT2D eigenvalue weighted by atomic mass is 35.5. The maximum atomic E-state index is 6.07. The molecule has 0 spiro atoms. The summed E-state index contributed by atoms with van der Waals surface area (Å²) in [5, 5.41) is 1.62. The molecule has 2 nitrogen and oxygen atoms in total. The van der Waals surface area contributed by atoms with Crippen molar-refractivity contribution in [3.63, 3.8) is 0 Å². The number of nitrogens with zero attached hydrogens (tertiary/aromatic N) is 2. The van der Waals surface area contributed by atoms with Crippen LogP contribution in [0.5, 0.6) is 0 Å². The van der Waals surface area contributed by atoms with E-state index in [-0.39, 0.29) is 5.41 Å². The number of hydrogen-bond acceptors (Lipinski definition) is 1. The van der Waals surface area contributed by atoms with E-state index in [4.69, 9.17) is 11.6 Å². The fraction of sp³-hybridized carbons (Fsp3) is 0.417. The summed E-state index contributed by atoms with van der Waals surface area (Å²) in [6.07, 6.45) is 1.75. The molecule has 0 N–H and O–H groups in total. The average molecular weight is 223 g/mol. The number of halogens is 1. The number of fused-ring (bicyclic) bond motifs is 1. The molecule has 2 rings (SSSR count). The predicted molar refractivity (Wildman–Crippen MR) is 64.4 cm³/mol. The second-order valence-corrected chi connectivity index (χ2v) is 5.23. The third-order valence-corrected chi connectivity index (χ3v) is 2.99. The Morgan fingerprint density at radius 1 is 1.33 bits per heavy atom. The number of rotatable bonds is 0. The van der Waals surface area contributed by atoms with Crippen LogP contribution in [0, 0.1) is 0 Å². The number of aromatic nitrogens is 2. The van der Waals surface area contributed by atoms with Crippen LogP contribution in [0.1, 0.15) is 26.5 Å². The Balaban J connectivity index is 2.81. The Labute approximate surface area is 94.9 Å². The van der Waals surface area contributed by atoms with Crippen LogP contribution in [0.2, 0.25) is 5.15 Å². The first kappa shape index (κ1) is 10.5. The van der Waals surface area contributed by atoms with Crippen LogP contribution in [0.3, 0.4) is 0 Å². The molecule has 0 saturated heterocycles. The minimum absolute atomic E-state index is 0.122. The van der Waals surface area contributed by atoms with Gasteiger partial charge in [0.2, 0.25) is 0 Å². The van der Waals surface area contributed by atoms with Gasteiger partial charge < -0.3 is 4.57 Å².